The van der Waals surface area contributed by atoms with Crippen molar-refractivity contribution in [3.8, 4) is 11.4 Å². The van der Waals surface area contributed by atoms with Crippen LogP contribution in [-0.4, -0.2) is 34.6 Å². The highest BCUT2D eigenvalue weighted by Crippen LogP contribution is 2.19. The third-order valence-corrected chi connectivity index (χ3v) is 3.77. The van der Waals surface area contributed by atoms with E-state index in [1.54, 1.807) is 24.8 Å². The number of carbonyl (C=O) groups excluding carboxylic acids is 1. The maximum atomic E-state index is 12.3. The van der Waals surface area contributed by atoms with Gasteiger partial charge in [0.15, 0.2) is 0 Å². The average molecular weight is 356 g/mol. The summed E-state index contributed by atoms with van der Waals surface area (Å²) in [4.78, 5) is 12.3. The van der Waals surface area contributed by atoms with Gasteiger partial charge in [0.05, 0.1) is 37.0 Å². The molecule has 8 heteroatoms. The molecule has 0 aliphatic carbocycles. The zero-order valence-corrected chi connectivity index (χ0v) is 14.6. The largest absolute Gasteiger partial charge is 0.497 e. The molecule has 0 fully saturated rings. The standard InChI is InChI=1S/C18H20N4O4/c1-3-25-18(23)16-11-20-22(14-4-6-15(24-2)7-5-14)17(16)12-19-10-13-8-9-26-21-13/h4-9,11,19H,3,10,12H2,1-2H3. The van der Waals surface area contributed by atoms with E-state index in [0.29, 0.717) is 31.0 Å². The summed E-state index contributed by atoms with van der Waals surface area (Å²) in [7, 11) is 1.61. The van der Waals surface area contributed by atoms with Crippen LogP contribution in [0, 0.1) is 0 Å². The fourth-order valence-corrected chi connectivity index (χ4v) is 2.51. The van der Waals surface area contributed by atoms with Crippen molar-refractivity contribution in [2.75, 3.05) is 13.7 Å². The van der Waals surface area contributed by atoms with Gasteiger partial charge < -0.3 is 19.3 Å². The Bertz CT molecular complexity index is 841. The topological polar surface area (TPSA) is 91.4 Å². The molecule has 136 valence electrons. The van der Waals surface area contributed by atoms with Crippen LogP contribution < -0.4 is 10.1 Å². The van der Waals surface area contributed by atoms with Gasteiger partial charge in [0.2, 0.25) is 0 Å². The fourth-order valence-electron chi connectivity index (χ4n) is 2.51. The molecule has 0 unspecified atom stereocenters. The lowest BCUT2D eigenvalue weighted by Crippen LogP contribution is -2.19. The minimum atomic E-state index is -0.398. The number of nitrogens with one attached hydrogen (secondary N) is 1. The highest BCUT2D eigenvalue weighted by Gasteiger charge is 2.19. The minimum absolute atomic E-state index is 0.304. The number of esters is 1. The first kappa shape index (κ1) is 17.7. The van der Waals surface area contributed by atoms with E-state index in [2.05, 4.69) is 15.6 Å². The Hall–Kier alpha value is -3.13. The maximum absolute atomic E-state index is 12.3. The maximum Gasteiger partial charge on any atom is 0.341 e. The Labute approximate surface area is 150 Å². The molecule has 0 radical (unpaired) electrons. The molecule has 0 aliphatic rings. The summed E-state index contributed by atoms with van der Waals surface area (Å²) in [5.74, 6) is 0.350. The predicted molar refractivity (Wildman–Crippen MR) is 93.1 cm³/mol. The van der Waals surface area contributed by atoms with Gasteiger partial charge in [0.25, 0.3) is 0 Å². The van der Waals surface area contributed by atoms with Gasteiger partial charge in [-0.05, 0) is 31.2 Å². The van der Waals surface area contributed by atoms with Crippen LogP contribution in [0.1, 0.15) is 28.7 Å². The summed E-state index contributed by atoms with van der Waals surface area (Å²) in [5.41, 5.74) is 2.73. The Kier molecular flexibility index (Phi) is 5.65. The lowest BCUT2D eigenvalue weighted by Gasteiger charge is -2.11. The van der Waals surface area contributed by atoms with Crippen molar-refractivity contribution in [3.63, 3.8) is 0 Å². The van der Waals surface area contributed by atoms with Crippen LogP contribution in [0.5, 0.6) is 5.75 Å². The van der Waals surface area contributed by atoms with Crippen LogP contribution in [-0.2, 0) is 17.8 Å². The number of rotatable bonds is 8. The van der Waals surface area contributed by atoms with Crippen molar-refractivity contribution in [1.29, 1.82) is 0 Å². The van der Waals surface area contributed by atoms with E-state index in [4.69, 9.17) is 14.0 Å². The first-order valence-electron chi connectivity index (χ1n) is 8.21. The summed E-state index contributed by atoms with van der Waals surface area (Å²) in [5, 5.41) is 11.5. The van der Waals surface area contributed by atoms with Gasteiger partial charge in [0, 0.05) is 19.2 Å². The average Bonchev–Trinajstić information content (AvgIpc) is 3.32. The van der Waals surface area contributed by atoms with Crippen LogP contribution >= 0.6 is 0 Å². The Morgan fingerprint density at radius 3 is 2.69 bits per heavy atom. The van der Waals surface area contributed by atoms with E-state index in [1.165, 1.54) is 12.5 Å². The third-order valence-electron chi connectivity index (χ3n) is 3.77. The van der Waals surface area contributed by atoms with Crippen LogP contribution in [0.25, 0.3) is 5.69 Å². The molecular weight excluding hydrogens is 336 g/mol. The van der Waals surface area contributed by atoms with Crippen molar-refractivity contribution in [1.82, 2.24) is 20.3 Å². The first-order chi connectivity index (χ1) is 12.7. The number of hydrogen-bond donors (Lipinski definition) is 1. The molecule has 0 spiro atoms. The Morgan fingerprint density at radius 1 is 1.23 bits per heavy atom. The van der Waals surface area contributed by atoms with Crippen molar-refractivity contribution < 1.29 is 18.8 Å². The summed E-state index contributed by atoms with van der Waals surface area (Å²) in [6.07, 6.45) is 3.04. The summed E-state index contributed by atoms with van der Waals surface area (Å²) >= 11 is 0. The molecule has 1 N–H and O–H groups in total. The molecule has 0 aliphatic heterocycles. The molecular formula is C18H20N4O4. The van der Waals surface area contributed by atoms with E-state index in [-0.39, 0.29) is 0 Å². The number of benzene rings is 1. The van der Waals surface area contributed by atoms with E-state index in [0.717, 1.165) is 17.1 Å². The molecule has 0 amide bonds. The van der Waals surface area contributed by atoms with E-state index >= 15 is 0 Å². The van der Waals surface area contributed by atoms with Crippen LogP contribution in [0.15, 0.2) is 47.3 Å². The van der Waals surface area contributed by atoms with Gasteiger partial charge >= 0.3 is 5.97 Å². The predicted octanol–water partition coefficient (Wildman–Crippen LogP) is 2.34. The minimum Gasteiger partial charge on any atom is -0.497 e. The zero-order valence-electron chi connectivity index (χ0n) is 14.6. The van der Waals surface area contributed by atoms with Crippen molar-refractivity contribution in [2.45, 2.75) is 20.0 Å². The smallest absolute Gasteiger partial charge is 0.341 e. The molecule has 26 heavy (non-hydrogen) atoms. The molecule has 0 atom stereocenters. The normalized spacial score (nSPS) is 10.7. The number of carbonyl (C=O) groups is 1. The second kappa shape index (κ2) is 8.30. The quantitative estimate of drug-likeness (QED) is 0.619. The van der Waals surface area contributed by atoms with Gasteiger partial charge in [-0.3, -0.25) is 0 Å². The van der Waals surface area contributed by atoms with Crippen LogP contribution in [0.3, 0.4) is 0 Å². The highest BCUT2D eigenvalue weighted by molar-refractivity contribution is 5.90. The Morgan fingerprint density at radius 2 is 2.04 bits per heavy atom. The number of aromatic nitrogens is 3. The summed E-state index contributed by atoms with van der Waals surface area (Å²) < 4.78 is 16.9. The van der Waals surface area contributed by atoms with Gasteiger partial charge in [-0.25, -0.2) is 9.48 Å². The highest BCUT2D eigenvalue weighted by atomic mass is 16.5. The second-order valence-electron chi connectivity index (χ2n) is 5.43. The van der Waals surface area contributed by atoms with Gasteiger partial charge in [-0.1, -0.05) is 5.16 Å². The lowest BCUT2D eigenvalue weighted by molar-refractivity contribution is 0.0525. The molecule has 2 heterocycles. The molecule has 1 aromatic carbocycles. The fraction of sp³-hybridized carbons (Fsp3) is 0.278. The molecule has 3 rings (SSSR count). The number of ether oxygens (including phenoxy) is 2. The first-order valence-corrected chi connectivity index (χ1v) is 8.21. The second-order valence-corrected chi connectivity index (χ2v) is 5.43. The van der Waals surface area contributed by atoms with Crippen molar-refractivity contribution >= 4 is 5.97 Å². The summed E-state index contributed by atoms with van der Waals surface area (Å²) in [6.45, 7) is 2.99. The summed E-state index contributed by atoms with van der Waals surface area (Å²) in [6, 6.07) is 9.21. The number of hydrogen-bond acceptors (Lipinski definition) is 7. The van der Waals surface area contributed by atoms with Crippen LogP contribution in [0.2, 0.25) is 0 Å². The molecule has 3 aromatic rings. The molecule has 0 saturated heterocycles. The zero-order chi connectivity index (χ0) is 18.4. The van der Waals surface area contributed by atoms with Gasteiger partial charge in [-0.2, -0.15) is 5.10 Å². The van der Waals surface area contributed by atoms with Crippen molar-refractivity contribution in [3.05, 3.63) is 59.7 Å². The molecule has 0 saturated carbocycles. The van der Waals surface area contributed by atoms with Crippen LogP contribution in [0.4, 0.5) is 0 Å². The monoisotopic (exact) mass is 356 g/mol. The number of nitrogens with zero attached hydrogens (tertiary/aromatic N) is 3. The molecule has 8 nitrogen and oxygen atoms in total. The SMILES string of the molecule is CCOC(=O)c1cnn(-c2ccc(OC)cc2)c1CNCc1ccon1. The lowest BCUT2D eigenvalue weighted by atomic mass is 10.2. The van der Waals surface area contributed by atoms with E-state index in [9.17, 15) is 4.79 Å². The van der Waals surface area contributed by atoms with Gasteiger partial charge in [-0.15, -0.1) is 0 Å². The third kappa shape index (κ3) is 3.92. The van der Waals surface area contributed by atoms with Crippen molar-refractivity contribution in [2.24, 2.45) is 0 Å². The van der Waals surface area contributed by atoms with Gasteiger partial charge in [0.1, 0.15) is 17.6 Å². The van der Waals surface area contributed by atoms with E-state index < -0.39 is 5.97 Å². The van der Waals surface area contributed by atoms with E-state index in [1.807, 2.05) is 24.3 Å². The number of methoxy groups -OCH3 is 1. The molecule has 2 aromatic heterocycles. The Balaban J connectivity index is 1.85. The molecule has 0 bridgehead atoms.